The highest BCUT2D eigenvalue weighted by molar-refractivity contribution is 7.17. The highest BCUT2D eigenvalue weighted by atomic mass is 32.1. The topological polar surface area (TPSA) is 41.1 Å². The molecule has 3 aromatic rings. The molecule has 0 aliphatic heterocycles. The molecule has 4 heteroatoms. The lowest BCUT2D eigenvalue weighted by atomic mass is 10.1. The van der Waals surface area contributed by atoms with E-state index in [0.29, 0.717) is 5.56 Å². The van der Waals surface area contributed by atoms with Crippen molar-refractivity contribution >= 4 is 33.0 Å². The van der Waals surface area contributed by atoms with Crippen LogP contribution in [0.3, 0.4) is 0 Å². The van der Waals surface area contributed by atoms with Crippen molar-refractivity contribution < 1.29 is 4.79 Å². The van der Waals surface area contributed by atoms with Crippen LogP contribution in [-0.2, 0) is 6.54 Å². The number of nitrogens with one attached hydrogen (secondary N) is 2. The molecule has 0 saturated carbocycles. The van der Waals surface area contributed by atoms with Gasteiger partial charge < -0.3 is 10.6 Å². The maximum absolute atomic E-state index is 11.5. The molecule has 0 aliphatic carbocycles. The number of rotatable bonds is 4. The van der Waals surface area contributed by atoms with Gasteiger partial charge in [-0.05, 0) is 46.7 Å². The second-order valence-electron chi connectivity index (χ2n) is 4.77. The monoisotopic (exact) mass is 296 g/mol. The van der Waals surface area contributed by atoms with Gasteiger partial charge in [-0.3, -0.25) is 4.79 Å². The van der Waals surface area contributed by atoms with E-state index in [0.717, 1.165) is 12.2 Å². The van der Waals surface area contributed by atoms with Gasteiger partial charge in [0.1, 0.15) is 0 Å². The number of thiophene rings is 1. The van der Waals surface area contributed by atoms with Crippen molar-refractivity contribution in [2.45, 2.75) is 6.54 Å². The molecular formula is C17H16N2OS. The molecule has 0 saturated heterocycles. The molecule has 3 nitrogen and oxygen atoms in total. The Morgan fingerprint density at radius 1 is 1.10 bits per heavy atom. The first kappa shape index (κ1) is 13.6. The van der Waals surface area contributed by atoms with Crippen LogP contribution >= 0.6 is 11.3 Å². The van der Waals surface area contributed by atoms with Gasteiger partial charge in [0.15, 0.2) is 0 Å². The first-order valence-electron chi connectivity index (χ1n) is 6.79. The highest BCUT2D eigenvalue weighted by Crippen LogP contribution is 2.26. The van der Waals surface area contributed by atoms with E-state index in [1.165, 1.54) is 15.6 Å². The lowest BCUT2D eigenvalue weighted by molar-refractivity contribution is 0.0963. The zero-order valence-corrected chi connectivity index (χ0v) is 12.5. The van der Waals surface area contributed by atoms with Crippen molar-refractivity contribution in [2.75, 3.05) is 12.4 Å². The molecule has 3 rings (SSSR count). The fourth-order valence-corrected chi connectivity index (χ4v) is 3.21. The Morgan fingerprint density at radius 3 is 2.62 bits per heavy atom. The van der Waals surface area contributed by atoms with Crippen LogP contribution in [0.4, 0.5) is 5.69 Å². The third kappa shape index (κ3) is 2.90. The van der Waals surface area contributed by atoms with Gasteiger partial charge in [0.2, 0.25) is 0 Å². The summed E-state index contributed by atoms with van der Waals surface area (Å²) in [6.45, 7) is 0.781. The summed E-state index contributed by atoms with van der Waals surface area (Å²) in [5.41, 5.74) is 2.98. The van der Waals surface area contributed by atoms with E-state index >= 15 is 0 Å². The maximum Gasteiger partial charge on any atom is 0.251 e. The Kier molecular flexibility index (Phi) is 3.88. The number of anilines is 1. The molecule has 2 N–H and O–H groups in total. The number of amides is 1. The predicted molar refractivity (Wildman–Crippen MR) is 89.0 cm³/mol. The first-order valence-corrected chi connectivity index (χ1v) is 7.67. The number of fused-ring (bicyclic) bond motifs is 1. The van der Waals surface area contributed by atoms with E-state index in [1.54, 1.807) is 18.4 Å². The molecule has 106 valence electrons. The van der Waals surface area contributed by atoms with Crippen LogP contribution in [0.1, 0.15) is 15.9 Å². The van der Waals surface area contributed by atoms with Crippen molar-refractivity contribution in [3.8, 4) is 0 Å². The van der Waals surface area contributed by atoms with Crippen LogP contribution < -0.4 is 10.6 Å². The Labute approximate surface area is 127 Å². The zero-order chi connectivity index (χ0) is 14.7. The minimum atomic E-state index is -0.0645. The molecule has 0 spiro atoms. The molecule has 0 fully saturated rings. The molecule has 0 bridgehead atoms. The van der Waals surface area contributed by atoms with E-state index in [9.17, 15) is 4.79 Å². The van der Waals surface area contributed by atoms with Gasteiger partial charge in [-0.15, -0.1) is 11.3 Å². The second-order valence-corrected chi connectivity index (χ2v) is 5.68. The van der Waals surface area contributed by atoms with Gasteiger partial charge in [-0.1, -0.05) is 18.2 Å². The number of hydrogen-bond acceptors (Lipinski definition) is 3. The van der Waals surface area contributed by atoms with E-state index in [2.05, 4.69) is 40.3 Å². The molecule has 0 radical (unpaired) electrons. The van der Waals surface area contributed by atoms with Gasteiger partial charge in [-0.25, -0.2) is 0 Å². The summed E-state index contributed by atoms with van der Waals surface area (Å²) in [5, 5.41) is 9.51. The minimum absolute atomic E-state index is 0.0645. The average molecular weight is 296 g/mol. The van der Waals surface area contributed by atoms with Gasteiger partial charge in [0, 0.05) is 29.5 Å². The largest absolute Gasteiger partial charge is 0.381 e. The smallest absolute Gasteiger partial charge is 0.251 e. The molecule has 1 heterocycles. The van der Waals surface area contributed by atoms with Crippen molar-refractivity contribution in [1.29, 1.82) is 0 Å². The Balaban J connectivity index is 1.71. The number of carbonyl (C=O) groups excluding carboxylic acids is 1. The molecule has 1 aromatic heterocycles. The molecule has 21 heavy (non-hydrogen) atoms. The summed E-state index contributed by atoms with van der Waals surface area (Å²) in [6, 6.07) is 15.9. The fraction of sp³-hybridized carbons (Fsp3) is 0.118. The third-order valence-electron chi connectivity index (χ3n) is 3.42. The lowest BCUT2D eigenvalue weighted by Crippen LogP contribution is -2.17. The molecular weight excluding hydrogens is 280 g/mol. The average Bonchev–Trinajstić information content (AvgIpc) is 2.96. The Hall–Kier alpha value is -2.33. The van der Waals surface area contributed by atoms with Crippen LogP contribution in [0.15, 0.2) is 53.9 Å². The summed E-state index contributed by atoms with van der Waals surface area (Å²) < 4.78 is 1.31. The molecule has 0 aliphatic rings. The van der Waals surface area contributed by atoms with Gasteiger partial charge >= 0.3 is 0 Å². The summed E-state index contributed by atoms with van der Waals surface area (Å²) in [4.78, 5) is 11.5. The lowest BCUT2D eigenvalue weighted by Gasteiger charge is -2.07. The minimum Gasteiger partial charge on any atom is -0.381 e. The van der Waals surface area contributed by atoms with Gasteiger partial charge in [0.05, 0.1) is 0 Å². The van der Waals surface area contributed by atoms with Crippen molar-refractivity contribution in [3.05, 3.63) is 65.0 Å². The number of hydrogen-bond donors (Lipinski definition) is 2. The van der Waals surface area contributed by atoms with Crippen LogP contribution in [0.2, 0.25) is 0 Å². The molecule has 0 unspecified atom stereocenters. The van der Waals surface area contributed by atoms with Crippen LogP contribution in [-0.4, -0.2) is 13.0 Å². The maximum atomic E-state index is 11.5. The van der Waals surface area contributed by atoms with E-state index in [-0.39, 0.29) is 5.91 Å². The third-order valence-corrected chi connectivity index (χ3v) is 4.43. The summed E-state index contributed by atoms with van der Waals surface area (Å²) in [6.07, 6.45) is 0. The van der Waals surface area contributed by atoms with Crippen LogP contribution in [0.25, 0.3) is 10.1 Å². The standard InChI is InChI=1S/C17H16N2OS/c1-18-17(20)12-6-8-14(9-7-12)19-10-13-11-21-16-5-3-2-4-15(13)16/h2-9,11,19H,10H2,1H3,(H,18,20). The van der Waals surface area contributed by atoms with E-state index in [1.807, 2.05) is 24.3 Å². The number of carbonyl (C=O) groups is 1. The predicted octanol–water partition coefficient (Wildman–Crippen LogP) is 3.87. The van der Waals surface area contributed by atoms with E-state index < -0.39 is 0 Å². The molecule has 0 atom stereocenters. The van der Waals surface area contributed by atoms with Gasteiger partial charge in [0.25, 0.3) is 5.91 Å². The Morgan fingerprint density at radius 2 is 1.86 bits per heavy atom. The van der Waals surface area contributed by atoms with Gasteiger partial charge in [-0.2, -0.15) is 0 Å². The van der Waals surface area contributed by atoms with Crippen LogP contribution in [0.5, 0.6) is 0 Å². The number of benzene rings is 2. The second kappa shape index (κ2) is 5.97. The normalized spacial score (nSPS) is 10.5. The zero-order valence-electron chi connectivity index (χ0n) is 11.7. The summed E-state index contributed by atoms with van der Waals surface area (Å²) in [5.74, 6) is -0.0645. The Bertz CT molecular complexity index is 762. The van der Waals surface area contributed by atoms with Crippen molar-refractivity contribution in [3.63, 3.8) is 0 Å². The summed E-state index contributed by atoms with van der Waals surface area (Å²) in [7, 11) is 1.64. The molecule has 1 amide bonds. The first-order chi connectivity index (χ1) is 10.3. The summed E-state index contributed by atoms with van der Waals surface area (Å²) >= 11 is 1.77. The quantitative estimate of drug-likeness (QED) is 0.767. The van der Waals surface area contributed by atoms with Crippen molar-refractivity contribution in [2.24, 2.45) is 0 Å². The van der Waals surface area contributed by atoms with Crippen molar-refractivity contribution in [1.82, 2.24) is 5.32 Å². The fourth-order valence-electron chi connectivity index (χ4n) is 2.25. The SMILES string of the molecule is CNC(=O)c1ccc(NCc2csc3ccccc23)cc1. The molecule has 2 aromatic carbocycles. The van der Waals surface area contributed by atoms with E-state index in [4.69, 9.17) is 0 Å². The highest BCUT2D eigenvalue weighted by Gasteiger charge is 2.04. The van der Waals surface area contributed by atoms with Crippen LogP contribution in [0, 0.1) is 0 Å².